The Morgan fingerprint density at radius 1 is 1.00 bits per heavy atom. The van der Waals surface area contributed by atoms with Gasteiger partial charge in [0, 0.05) is 16.6 Å². The zero-order valence-corrected chi connectivity index (χ0v) is 16.4. The topological polar surface area (TPSA) is 52.9 Å². The molecule has 0 aromatic heterocycles. The standard InChI is InChI=1S/C23H16BrFN2O/c24-20-9-11-21(12-10-20)27-23(28)19(15-26)14-17-6-2-1-5-16(17)13-18-7-3-4-8-22(18)25/h1-12,14H,13H2,(H,27,28)/b19-14+. The first-order valence-electron chi connectivity index (χ1n) is 8.57. The third-order valence-corrected chi connectivity index (χ3v) is 4.69. The molecule has 0 spiro atoms. The van der Waals surface area contributed by atoms with E-state index in [4.69, 9.17) is 0 Å². The summed E-state index contributed by atoms with van der Waals surface area (Å²) < 4.78 is 14.9. The maximum Gasteiger partial charge on any atom is 0.266 e. The van der Waals surface area contributed by atoms with Gasteiger partial charge in [0.15, 0.2) is 0 Å². The zero-order valence-electron chi connectivity index (χ0n) is 14.8. The molecule has 5 heteroatoms. The summed E-state index contributed by atoms with van der Waals surface area (Å²) in [7, 11) is 0. The van der Waals surface area contributed by atoms with Gasteiger partial charge in [-0.15, -0.1) is 0 Å². The summed E-state index contributed by atoms with van der Waals surface area (Å²) in [5, 5.41) is 12.2. The Kier molecular flexibility index (Phi) is 6.36. The SMILES string of the molecule is N#C/C(=C\c1ccccc1Cc1ccccc1F)C(=O)Nc1ccc(Br)cc1. The molecule has 0 saturated carbocycles. The van der Waals surface area contributed by atoms with Crippen LogP contribution in [0.4, 0.5) is 10.1 Å². The van der Waals surface area contributed by atoms with E-state index in [9.17, 15) is 14.4 Å². The van der Waals surface area contributed by atoms with Gasteiger partial charge in [0.05, 0.1) is 0 Å². The van der Waals surface area contributed by atoms with Crippen molar-refractivity contribution in [2.75, 3.05) is 5.32 Å². The van der Waals surface area contributed by atoms with E-state index in [1.165, 1.54) is 12.1 Å². The Balaban J connectivity index is 1.86. The fourth-order valence-electron chi connectivity index (χ4n) is 2.72. The lowest BCUT2D eigenvalue weighted by atomic mass is 9.98. The first kappa shape index (κ1) is 19.5. The highest BCUT2D eigenvalue weighted by atomic mass is 79.9. The van der Waals surface area contributed by atoms with E-state index >= 15 is 0 Å². The number of nitriles is 1. The van der Waals surface area contributed by atoms with Crippen LogP contribution in [-0.2, 0) is 11.2 Å². The van der Waals surface area contributed by atoms with Gasteiger partial charge in [-0.25, -0.2) is 4.39 Å². The number of amides is 1. The second kappa shape index (κ2) is 9.12. The predicted molar refractivity (Wildman–Crippen MR) is 112 cm³/mol. The molecule has 0 aliphatic heterocycles. The second-order valence-corrected chi connectivity index (χ2v) is 7.01. The van der Waals surface area contributed by atoms with E-state index in [2.05, 4.69) is 21.2 Å². The summed E-state index contributed by atoms with van der Waals surface area (Å²) in [5.41, 5.74) is 2.66. The van der Waals surface area contributed by atoms with Crippen molar-refractivity contribution in [3.8, 4) is 6.07 Å². The average Bonchev–Trinajstić information content (AvgIpc) is 2.70. The van der Waals surface area contributed by atoms with Crippen LogP contribution in [0, 0.1) is 17.1 Å². The van der Waals surface area contributed by atoms with Crippen LogP contribution in [0.15, 0.2) is 82.8 Å². The normalized spacial score (nSPS) is 11.0. The van der Waals surface area contributed by atoms with Crippen molar-refractivity contribution in [3.05, 3.63) is 105 Å². The molecule has 1 amide bonds. The van der Waals surface area contributed by atoms with Crippen molar-refractivity contribution in [2.45, 2.75) is 6.42 Å². The van der Waals surface area contributed by atoms with E-state index in [0.29, 0.717) is 23.2 Å². The summed E-state index contributed by atoms with van der Waals surface area (Å²) in [5.74, 6) is -0.778. The van der Waals surface area contributed by atoms with Gasteiger partial charge in [-0.1, -0.05) is 58.4 Å². The van der Waals surface area contributed by atoms with Gasteiger partial charge in [0.2, 0.25) is 0 Å². The molecule has 0 fully saturated rings. The first-order chi connectivity index (χ1) is 13.6. The smallest absolute Gasteiger partial charge is 0.266 e. The van der Waals surface area contributed by atoms with Gasteiger partial charge in [-0.3, -0.25) is 4.79 Å². The molecule has 1 N–H and O–H groups in total. The second-order valence-electron chi connectivity index (χ2n) is 6.10. The van der Waals surface area contributed by atoms with Crippen LogP contribution in [-0.4, -0.2) is 5.91 Å². The van der Waals surface area contributed by atoms with Crippen LogP contribution in [0.25, 0.3) is 6.08 Å². The van der Waals surface area contributed by atoms with Gasteiger partial charge >= 0.3 is 0 Å². The number of hydrogen-bond donors (Lipinski definition) is 1. The lowest BCUT2D eigenvalue weighted by Crippen LogP contribution is -2.13. The Bertz CT molecular complexity index is 1070. The molecule has 0 atom stereocenters. The van der Waals surface area contributed by atoms with Crippen molar-refractivity contribution in [3.63, 3.8) is 0 Å². The first-order valence-corrected chi connectivity index (χ1v) is 9.36. The summed E-state index contributed by atoms with van der Waals surface area (Å²) in [6.07, 6.45) is 1.90. The number of carbonyl (C=O) groups excluding carboxylic acids is 1. The summed E-state index contributed by atoms with van der Waals surface area (Å²) in [4.78, 5) is 12.5. The summed E-state index contributed by atoms with van der Waals surface area (Å²) in [6, 6.07) is 22.9. The van der Waals surface area contributed by atoms with Crippen LogP contribution in [0.2, 0.25) is 0 Å². The molecule has 3 aromatic rings. The van der Waals surface area contributed by atoms with Gasteiger partial charge in [0.1, 0.15) is 17.5 Å². The van der Waals surface area contributed by atoms with Crippen LogP contribution in [0.3, 0.4) is 0 Å². The quantitative estimate of drug-likeness (QED) is 0.412. The number of benzene rings is 3. The largest absolute Gasteiger partial charge is 0.321 e. The molecule has 0 aliphatic carbocycles. The minimum atomic E-state index is -0.495. The van der Waals surface area contributed by atoms with Crippen LogP contribution in [0.5, 0.6) is 0 Å². The lowest BCUT2D eigenvalue weighted by molar-refractivity contribution is -0.112. The number of anilines is 1. The van der Waals surface area contributed by atoms with Crippen LogP contribution < -0.4 is 5.32 Å². The zero-order chi connectivity index (χ0) is 19.9. The van der Waals surface area contributed by atoms with Crippen molar-refractivity contribution >= 4 is 33.6 Å². The molecule has 28 heavy (non-hydrogen) atoms. The van der Waals surface area contributed by atoms with E-state index in [-0.39, 0.29) is 11.4 Å². The lowest BCUT2D eigenvalue weighted by Gasteiger charge is -2.09. The molecule has 3 rings (SSSR count). The molecule has 0 bridgehead atoms. The Morgan fingerprint density at radius 2 is 1.64 bits per heavy atom. The third kappa shape index (κ3) is 4.93. The molecule has 0 radical (unpaired) electrons. The molecule has 3 aromatic carbocycles. The maximum absolute atomic E-state index is 14.0. The molecule has 3 nitrogen and oxygen atoms in total. The monoisotopic (exact) mass is 434 g/mol. The number of hydrogen-bond acceptors (Lipinski definition) is 2. The van der Waals surface area contributed by atoms with Crippen molar-refractivity contribution < 1.29 is 9.18 Å². The molecular formula is C23H16BrFN2O. The molecule has 0 aliphatic rings. The van der Waals surface area contributed by atoms with E-state index in [1.54, 1.807) is 48.5 Å². The fourth-order valence-corrected chi connectivity index (χ4v) is 2.98. The summed E-state index contributed by atoms with van der Waals surface area (Å²) >= 11 is 3.34. The molecule has 0 saturated heterocycles. The highest BCUT2D eigenvalue weighted by Crippen LogP contribution is 2.20. The van der Waals surface area contributed by atoms with Crippen molar-refractivity contribution in [2.24, 2.45) is 0 Å². The highest BCUT2D eigenvalue weighted by molar-refractivity contribution is 9.10. The minimum Gasteiger partial charge on any atom is -0.321 e. The number of rotatable bonds is 5. The fraction of sp³-hybridized carbons (Fsp3) is 0.0435. The van der Waals surface area contributed by atoms with Crippen molar-refractivity contribution in [1.29, 1.82) is 5.26 Å². The van der Waals surface area contributed by atoms with Crippen molar-refractivity contribution in [1.82, 2.24) is 0 Å². The van der Waals surface area contributed by atoms with Gasteiger partial charge in [-0.05, 0) is 53.1 Å². The van der Waals surface area contributed by atoms with E-state index in [0.717, 1.165) is 10.0 Å². The van der Waals surface area contributed by atoms with Gasteiger partial charge in [-0.2, -0.15) is 5.26 Å². The molecule has 0 unspecified atom stereocenters. The Morgan fingerprint density at radius 3 is 2.32 bits per heavy atom. The van der Waals surface area contributed by atoms with E-state index < -0.39 is 5.91 Å². The molecule has 138 valence electrons. The minimum absolute atomic E-state index is 0.0242. The highest BCUT2D eigenvalue weighted by Gasteiger charge is 2.12. The molecule has 0 heterocycles. The molecular weight excluding hydrogens is 419 g/mol. The predicted octanol–water partition coefficient (Wildman–Crippen LogP) is 5.72. The van der Waals surface area contributed by atoms with Gasteiger partial charge < -0.3 is 5.32 Å². The van der Waals surface area contributed by atoms with E-state index in [1.807, 2.05) is 24.3 Å². The number of nitrogens with one attached hydrogen (secondary N) is 1. The Labute approximate surface area is 171 Å². The number of nitrogens with zero attached hydrogens (tertiary/aromatic N) is 1. The van der Waals surface area contributed by atoms with Crippen LogP contribution >= 0.6 is 15.9 Å². The number of carbonyl (C=O) groups is 1. The average molecular weight is 435 g/mol. The summed E-state index contributed by atoms with van der Waals surface area (Å²) in [6.45, 7) is 0. The number of halogens is 2. The maximum atomic E-state index is 14.0. The van der Waals surface area contributed by atoms with Crippen LogP contribution in [0.1, 0.15) is 16.7 Å². The Hall–Kier alpha value is -3.23. The third-order valence-electron chi connectivity index (χ3n) is 4.16. The van der Waals surface area contributed by atoms with Gasteiger partial charge in [0.25, 0.3) is 5.91 Å².